The van der Waals surface area contributed by atoms with Crippen LogP contribution in [0, 0.1) is 0 Å². The molecule has 0 saturated carbocycles. The van der Waals surface area contributed by atoms with Gasteiger partial charge in [0.05, 0.1) is 18.8 Å². The third-order valence-electron chi connectivity index (χ3n) is 4.42. The second kappa shape index (κ2) is 6.73. The van der Waals surface area contributed by atoms with Gasteiger partial charge in [-0.15, -0.1) is 0 Å². The molecule has 1 heterocycles. The summed E-state index contributed by atoms with van der Waals surface area (Å²) >= 11 is 0. The minimum Gasteiger partial charge on any atom is -0.418 e. The molecule has 1 aromatic carbocycles. The summed E-state index contributed by atoms with van der Waals surface area (Å²) in [5.74, 6) is 0. The lowest BCUT2D eigenvalue weighted by Crippen LogP contribution is -2.45. The van der Waals surface area contributed by atoms with Gasteiger partial charge in [-0.1, -0.05) is 39.0 Å². The van der Waals surface area contributed by atoms with E-state index in [-0.39, 0.29) is 17.6 Å². The van der Waals surface area contributed by atoms with Crippen molar-refractivity contribution < 1.29 is 9.53 Å². The highest BCUT2D eigenvalue weighted by molar-refractivity contribution is 6.48. The Morgan fingerprint density at radius 1 is 1.32 bits per heavy atom. The lowest BCUT2D eigenvalue weighted by molar-refractivity contribution is 0.133. The number of fused-ring (bicyclic) bond motifs is 1. The van der Waals surface area contributed by atoms with E-state index in [2.05, 4.69) is 63.9 Å². The summed E-state index contributed by atoms with van der Waals surface area (Å²) < 4.78 is 5.99. The van der Waals surface area contributed by atoms with E-state index in [9.17, 15) is 5.11 Å². The minimum atomic E-state index is -1.04. The van der Waals surface area contributed by atoms with Crippen LogP contribution >= 0.6 is 0 Å². The molecule has 0 bridgehead atoms. The Kier molecular flexibility index (Phi) is 5.36. The van der Waals surface area contributed by atoms with Gasteiger partial charge >= 0.3 is 0 Å². The molecule has 0 aromatic heterocycles. The van der Waals surface area contributed by atoms with Crippen molar-refractivity contribution in [1.82, 2.24) is 0 Å². The monoisotopic (exact) mass is 321 g/mol. The zero-order chi connectivity index (χ0) is 16.5. The first-order valence-corrected chi connectivity index (χ1v) is 11.2. The van der Waals surface area contributed by atoms with Gasteiger partial charge in [-0.2, -0.15) is 0 Å². The number of nitrogens with zero attached hydrogens (tertiary/aromatic N) is 1. The third kappa shape index (κ3) is 3.55. The van der Waals surface area contributed by atoms with Gasteiger partial charge in [0.2, 0.25) is 0 Å². The largest absolute Gasteiger partial charge is 0.418 e. The van der Waals surface area contributed by atoms with Gasteiger partial charge in [0, 0.05) is 24.2 Å². The van der Waals surface area contributed by atoms with Crippen LogP contribution in [0.5, 0.6) is 0 Å². The van der Waals surface area contributed by atoms with Gasteiger partial charge in [0.15, 0.2) is 9.04 Å². The second-order valence-electron chi connectivity index (χ2n) is 7.57. The highest BCUT2D eigenvalue weighted by atomic mass is 28.3. The summed E-state index contributed by atoms with van der Waals surface area (Å²) in [5.41, 5.74) is 3.69. The molecule has 1 aliphatic heterocycles. The number of aliphatic hydroxyl groups is 1. The van der Waals surface area contributed by atoms with Crippen molar-refractivity contribution in [2.24, 2.45) is 0 Å². The van der Waals surface area contributed by atoms with Crippen molar-refractivity contribution in [2.75, 3.05) is 18.1 Å². The zero-order valence-electron chi connectivity index (χ0n) is 14.9. The van der Waals surface area contributed by atoms with Crippen LogP contribution in [0.3, 0.4) is 0 Å². The molecule has 124 valence electrons. The Morgan fingerprint density at radius 2 is 2.00 bits per heavy atom. The van der Waals surface area contributed by atoms with Crippen LogP contribution in [0.4, 0.5) is 5.69 Å². The fourth-order valence-electron chi connectivity index (χ4n) is 3.33. The number of aliphatic hydroxyl groups excluding tert-OH is 1. The lowest BCUT2D eigenvalue weighted by atomic mass is 9.80. The van der Waals surface area contributed by atoms with Crippen molar-refractivity contribution in [3.63, 3.8) is 0 Å². The Balaban J connectivity index is 2.44. The molecule has 0 saturated heterocycles. The first-order chi connectivity index (χ1) is 10.3. The van der Waals surface area contributed by atoms with Crippen molar-refractivity contribution in [3.05, 3.63) is 29.3 Å². The number of rotatable bonds is 4. The molecule has 0 radical (unpaired) electrons. The molecule has 2 atom stereocenters. The molecule has 0 spiro atoms. The van der Waals surface area contributed by atoms with Gasteiger partial charge in [0.1, 0.15) is 0 Å². The van der Waals surface area contributed by atoms with E-state index in [0.717, 1.165) is 25.1 Å². The van der Waals surface area contributed by atoms with Gasteiger partial charge in [-0.05, 0) is 31.0 Å². The Hall–Kier alpha value is -0.843. The average Bonchev–Trinajstić information content (AvgIpc) is 2.43. The molecule has 1 N–H and O–H groups in total. The average molecular weight is 322 g/mol. The summed E-state index contributed by atoms with van der Waals surface area (Å²) in [6.45, 7) is 15.0. The normalized spacial score (nSPS) is 22.1. The van der Waals surface area contributed by atoms with E-state index >= 15 is 0 Å². The third-order valence-corrected chi connectivity index (χ3v) is 5.28. The number of hydrogen-bond donors (Lipinski definition) is 1. The van der Waals surface area contributed by atoms with Crippen LogP contribution in [0.1, 0.15) is 51.3 Å². The predicted octanol–water partition coefficient (Wildman–Crippen LogP) is 3.62. The van der Waals surface area contributed by atoms with Crippen molar-refractivity contribution in [3.8, 4) is 0 Å². The van der Waals surface area contributed by atoms with Crippen LogP contribution in [0.2, 0.25) is 13.1 Å². The van der Waals surface area contributed by atoms with E-state index in [0.29, 0.717) is 0 Å². The maximum absolute atomic E-state index is 10.6. The van der Waals surface area contributed by atoms with Crippen LogP contribution in [-0.4, -0.2) is 33.3 Å². The molecule has 4 heteroatoms. The molecule has 1 aliphatic rings. The van der Waals surface area contributed by atoms with E-state index in [1.807, 2.05) is 0 Å². The number of benzene rings is 1. The fraction of sp³-hybridized carbons (Fsp3) is 0.667. The number of anilines is 1. The van der Waals surface area contributed by atoms with Crippen LogP contribution in [0.25, 0.3) is 0 Å². The summed E-state index contributed by atoms with van der Waals surface area (Å²) in [4.78, 5) is 2.44. The predicted molar refractivity (Wildman–Crippen MR) is 96.4 cm³/mol. The summed E-state index contributed by atoms with van der Waals surface area (Å²) in [5, 5.41) is 10.6. The Bertz CT molecular complexity index is 510. The highest BCUT2D eigenvalue weighted by Gasteiger charge is 2.34. The number of hydrogen-bond acceptors (Lipinski definition) is 3. The molecule has 1 aromatic rings. The molecule has 0 amide bonds. The SMILES string of the molecule is CCN1c2c(cccc2C(C)(C)C)C(O)CC1CO[SiH](C)C. The Labute approximate surface area is 137 Å². The molecule has 3 nitrogen and oxygen atoms in total. The van der Waals surface area contributed by atoms with Crippen LogP contribution < -0.4 is 4.90 Å². The number of likely N-dealkylation sites (N-methyl/N-ethyl adjacent to an activating group) is 1. The summed E-state index contributed by atoms with van der Waals surface area (Å²) in [6.07, 6.45) is 0.373. The van der Waals surface area contributed by atoms with Crippen LogP contribution in [-0.2, 0) is 9.84 Å². The Morgan fingerprint density at radius 3 is 2.55 bits per heavy atom. The van der Waals surface area contributed by atoms with Crippen LogP contribution in [0.15, 0.2) is 18.2 Å². The standard InChI is InChI=1S/C18H31NO2Si/c1-7-19-13(12-21-22(5)6)11-16(20)14-9-8-10-15(17(14)19)18(2,3)4/h8-10,13,16,20,22H,7,11-12H2,1-6H3. The first-order valence-electron chi connectivity index (χ1n) is 8.45. The first kappa shape index (κ1) is 17.5. The molecular formula is C18H31NO2Si. The van der Waals surface area contributed by atoms with E-state index in [1.54, 1.807) is 0 Å². The molecule has 0 aliphatic carbocycles. The second-order valence-corrected chi connectivity index (χ2v) is 10.00. The van der Waals surface area contributed by atoms with E-state index in [1.165, 1.54) is 11.3 Å². The summed E-state index contributed by atoms with van der Waals surface area (Å²) in [6, 6.07) is 6.63. The van der Waals surface area contributed by atoms with Gasteiger partial charge in [0.25, 0.3) is 0 Å². The highest BCUT2D eigenvalue weighted by Crippen LogP contribution is 2.43. The van der Waals surface area contributed by atoms with Crippen molar-refractivity contribution >= 4 is 14.7 Å². The van der Waals surface area contributed by atoms with Crippen molar-refractivity contribution in [2.45, 2.75) is 64.8 Å². The maximum atomic E-state index is 10.6. The molecular weight excluding hydrogens is 290 g/mol. The van der Waals surface area contributed by atoms with Gasteiger partial charge < -0.3 is 14.4 Å². The van der Waals surface area contributed by atoms with E-state index < -0.39 is 9.04 Å². The van der Waals surface area contributed by atoms with E-state index in [4.69, 9.17) is 4.43 Å². The molecule has 0 fully saturated rings. The molecule has 2 rings (SSSR count). The smallest absolute Gasteiger partial charge is 0.170 e. The molecule has 22 heavy (non-hydrogen) atoms. The maximum Gasteiger partial charge on any atom is 0.170 e. The van der Waals surface area contributed by atoms with Gasteiger partial charge in [-0.25, -0.2) is 0 Å². The zero-order valence-corrected chi connectivity index (χ0v) is 16.0. The fourth-order valence-corrected chi connectivity index (χ4v) is 3.94. The summed E-state index contributed by atoms with van der Waals surface area (Å²) in [7, 11) is -1.04. The van der Waals surface area contributed by atoms with Crippen molar-refractivity contribution in [1.29, 1.82) is 0 Å². The van der Waals surface area contributed by atoms with Gasteiger partial charge in [-0.3, -0.25) is 0 Å². The lowest BCUT2D eigenvalue weighted by Gasteiger charge is -2.43. The minimum absolute atomic E-state index is 0.0635. The molecule has 2 unspecified atom stereocenters. The topological polar surface area (TPSA) is 32.7 Å². The number of para-hydroxylation sites is 1. The quantitative estimate of drug-likeness (QED) is 0.860.